The van der Waals surface area contributed by atoms with Crippen molar-refractivity contribution in [1.29, 1.82) is 0 Å². The highest BCUT2D eigenvalue weighted by Gasteiger charge is 2.28. The van der Waals surface area contributed by atoms with Gasteiger partial charge in [-0.25, -0.2) is 9.69 Å². The zero-order chi connectivity index (χ0) is 17.2. The molecule has 0 radical (unpaired) electrons. The van der Waals surface area contributed by atoms with Gasteiger partial charge in [-0.15, -0.1) is 4.40 Å². The predicted molar refractivity (Wildman–Crippen MR) is 92.7 cm³/mol. The molecule has 6 nitrogen and oxygen atoms in total. The number of rotatable bonds is 3. The van der Waals surface area contributed by atoms with E-state index in [1.807, 2.05) is 6.07 Å². The minimum Gasteiger partial charge on any atom is -0.337 e. The molecule has 1 N–H and O–H groups in total. The molecule has 1 fully saturated rings. The summed E-state index contributed by atoms with van der Waals surface area (Å²) < 4.78 is 29.3. The molecule has 0 unspecified atom stereocenters. The summed E-state index contributed by atoms with van der Waals surface area (Å²) in [4.78, 5) is 13.7. The number of hydrogen-bond donors (Lipinski definition) is 1. The molecule has 2 aromatic rings. The highest BCUT2D eigenvalue weighted by molar-refractivity contribution is 7.90. The number of sulfonamides is 1. The lowest BCUT2D eigenvalue weighted by molar-refractivity contribution is 0.248. The maximum absolute atomic E-state index is 12.7. The van der Waals surface area contributed by atoms with Crippen LogP contribution in [-0.4, -0.2) is 26.8 Å². The van der Waals surface area contributed by atoms with Gasteiger partial charge in [0.1, 0.15) is 5.84 Å². The Hall–Kier alpha value is -2.67. The molecule has 0 atom stereocenters. The molecule has 124 valence electrons. The predicted octanol–water partition coefficient (Wildman–Crippen LogP) is 2.70. The van der Waals surface area contributed by atoms with Crippen molar-refractivity contribution < 1.29 is 13.2 Å². The number of carbonyl (C=O) groups excluding carboxylic acids is 1. The van der Waals surface area contributed by atoms with Crippen molar-refractivity contribution in [3.05, 3.63) is 60.2 Å². The number of benzene rings is 2. The smallest absolute Gasteiger partial charge is 0.327 e. The van der Waals surface area contributed by atoms with E-state index in [0.29, 0.717) is 24.2 Å². The molecule has 0 aliphatic carbocycles. The summed E-state index contributed by atoms with van der Waals surface area (Å²) in [6, 6.07) is 15.1. The molecule has 3 rings (SSSR count). The largest absolute Gasteiger partial charge is 0.337 e. The van der Waals surface area contributed by atoms with Gasteiger partial charge in [0.25, 0.3) is 10.0 Å². The molecule has 2 amide bonds. The van der Waals surface area contributed by atoms with Crippen molar-refractivity contribution in [1.82, 2.24) is 5.32 Å². The second kappa shape index (κ2) is 6.45. The second-order valence-electron chi connectivity index (χ2n) is 5.40. The van der Waals surface area contributed by atoms with Gasteiger partial charge in [-0.2, -0.15) is 8.42 Å². The number of para-hydroxylation sites is 1. The Morgan fingerprint density at radius 2 is 1.71 bits per heavy atom. The third-order valence-electron chi connectivity index (χ3n) is 3.70. The topological polar surface area (TPSA) is 78.8 Å². The molecular weight excluding hydrogens is 326 g/mol. The first-order chi connectivity index (χ1) is 11.5. The van der Waals surface area contributed by atoms with Gasteiger partial charge in [0.2, 0.25) is 0 Å². The van der Waals surface area contributed by atoms with Crippen LogP contribution < -0.4 is 10.2 Å². The van der Waals surface area contributed by atoms with Crippen LogP contribution in [0, 0.1) is 6.92 Å². The number of carbonyl (C=O) groups is 1. The van der Waals surface area contributed by atoms with Gasteiger partial charge in [-0.05, 0) is 30.7 Å². The first kappa shape index (κ1) is 16.2. The van der Waals surface area contributed by atoms with Gasteiger partial charge in [0, 0.05) is 13.0 Å². The van der Waals surface area contributed by atoms with Crippen molar-refractivity contribution in [2.45, 2.75) is 18.2 Å². The fraction of sp³-hybridized carbons (Fsp3) is 0.176. The van der Waals surface area contributed by atoms with E-state index in [9.17, 15) is 13.2 Å². The zero-order valence-electron chi connectivity index (χ0n) is 13.1. The first-order valence-corrected chi connectivity index (χ1v) is 8.95. The van der Waals surface area contributed by atoms with Crippen molar-refractivity contribution >= 4 is 27.6 Å². The van der Waals surface area contributed by atoms with E-state index < -0.39 is 10.0 Å². The second-order valence-corrected chi connectivity index (χ2v) is 6.97. The lowest BCUT2D eigenvalue weighted by atomic mass is 10.2. The number of hydrogen-bond acceptors (Lipinski definition) is 3. The molecule has 1 aliphatic rings. The molecule has 1 heterocycles. The lowest BCUT2D eigenvalue weighted by Crippen LogP contribution is -2.50. The molecule has 2 aromatic carbocycles. The van der Waals surface area contributed by atoms with Crippen molar-refractivity contribution in [3.8, 4) is 0 Å². The summed E-state index contributed by atoms with van der Waals surface area (Å²) >= 11 is 0. The summed E-state index contributed by atoms with van der Waals surface area (Å²) in [7, 11) is -3.89. The highest BCUT2D eigenvalue weighted by atomic mass is 32.2. The van der Waals surface area contributed by atoms with Crippen LogP contribution in [0.5, 0.6) is 0 Å². The summed E-state index contributed by atoms with van der Waals surface area (Å²) in [5.74, 6) is 0.216. The molecule has 0 spiro atoms. The Balaban J connectivity index is 2.06. The number of amidine groups is 1. The minimum atomic E-state index is -3.89. The van der Waals surface area contributed by atoms with E-state index >= 15 is 0 Å². The molecule has 0 bridgehead atoms. The molecular formula is C17H17N3O3S. The van der Waals surface area contributed by atoms with E-state index in [0.717, 1.165) is 0 Å². The van der Waals surface area contributed by atoms with Gasteiger partial charge in [0.15, 0.2) is 0 Å². The normalized spacial score (nSPS) is 17.0. The average Bonchev–Trinajstić information content (AvgIpc) is 2.55. The van der Waals surface area contributed by atoms with E-state index in [-0.39, 0.29) is 16.8 Å². The Morgan fingerprint density at radius 3 is 2.42 bits per heavy atom. The van der Waals surface area contributed by atoms with Crippen LogP contribution in [-0.2, 0) is 10.0 Å². The Kier molecular flexibility index (Phi) is 4.35. The van der Waals surface area contributed by atoms with Crippen LogP contribution in [0.4, 0.5) is 10.5 Å². The standard InChI is InChI=1S/C17H17N3O3S/c1-13-7-5-6-10-15(13)24(22,23)19-16-11-12-18-17(21)20(16)14-8-3-2-4-9-14/h2-10H,11-12H2,1H3,(H,18,21). The average molecular weight is 343 g/mol. The number of nitrogens with one attached hydrogen (secondary N) is 1. The van der Waals surface area contributed by atoms with Crippen LogP contribution in [0.1, 0.15) is 12.0 Å². The number of urea groups is 1. The van der Waals surface area contributed by atoms with Crippen molar-refractivity contribution in [3.63, 3.8) is 0 Å². The molecule has 1 aliphatic heterocycles. The van der Waals surface area contributed by atoms with Crippen molar-refractivity contribution in [2.75, 3.05) is 11.4 Å². The quantitative estimate of drug-likeness (QED) is 0.930. The summed E-state index contributed by atoms with van der Waals surface area (Å²) in [6.07, 6.45) is 0.339. The maximum atomic E-state index is 12.7. The van der Waals surface area contributed by atoms with Crippen molar-refractivity contribution in [2.24, 2.45) is 4.40 Å². The molecule has 1 saturated heterocycles. The Bertz CT molecular complexity index is 892. The Morgan fingerprint density at radius 1 is 1.04 bits per heavy atom. The van der Waals surface area contributed by atoms with Gasteiger partial charge < -0.3 is 5.32 Å². The first-order valence-electron chi connectivity index (χ1n) is 7.51. The maximum Gasteiger partial charge on any atom is 0.327 e. The number of amides is 2. The van der Waals surface area contributed by atoms with Crippen LogP contribution in [0.15, 0.2) is 63.9 Å². The Labute approximate surface area is 140 Å². The lowest BCUT2D eigenvalue weighted by Gasteiger charge is -2.28. The number of aryl methyl sites for hydroxylation is 1. The van der Waals surface area contributed by atoms with Crippen LogP contribution in [0.25, 0.3) is 0 Å². The molecule has 0 saturated carbocycles. The van der Waals surface area contributed by atoms with E-state index in [4.69, 9.17) is 0 Å². The fourth-order valence-corrected chi connectivity index (χ4v) is 3.83. The summed E-state index contributed by atoms with van der Waals surface area (Å²) in [5, 5.41) is 2.71. The monoisotopic (exact) mass is 343 g/mol. The molecule has 24 heavy (non-hydrogen) atoms. The highest BCUT2D eigenvalue weighted by Crippen LogP contribution is 2.22. The van der Waals surface area contributed by atoms with E-state index in [2.05, 4.69) is 9.71 Å². The number of anilines is 1. The molecule has 7 heteroatoms. The van der Waals surface area contributed by atoms with E-state index in [1.165, 1.54) is 11.0 Å². The fourth-order valence-electron chi connectivity index (χ4n) is 2.55. The summed E-state index contributed by atoms with van der Waals surface area (Å²) in [5.41, 5.74) is 1.20. The van der Waals surface area contributed by atoms with Gasteiger partial charge in [0.05, 0.1) is 10.6 Å². The van der Waals surface area contributed by atoms with Crippen LogP contribution in [0.3, 0.4) is 0 Å². The number of nitrogens with zero attached hydrogens (tertiary/aromatic N) is 2. The minimum absolute atomic E-state index is 0.150. The van der Waals surface area contributed by atoms with Crippen LogP contribution in [0.2, 0.25) is 0 Å². The third kappa shape index (κ3) is 3.16. The van der Waals surface area contributed by atoms with E-state index in [1.54, 1.807) is 49.4 Å². The van der Waals surface area contributed by atoms with Gasteiger partial charge in [-0.1, -0.05) is 36.4 Å². The zero-order valence-corrected chi connectivity index (χ0v) is 14.0. The summed E-state index contributed by atoms with van der Waals surface area (Å²) in [6.45, 7) is 2.07. The van der Waals surface area contributed by atoms with Gasteiger partial charge >= 0.3 is 6.03 Å². The van der Waals surface area contributed by atoms with Gasteiger partial charge in [-0.3, -0.25) is 0 Å². The SMILES string of the molecule is Cc1ccccc1S(=O)(=O)N=C1CCNC(=O)N1c1ccccc1. The van der Waals surface area contributed by atoms with Crippen LogP contribution >= 0.6 is 0 Å². The third-order valence-corrected chi connectivity index (χ3v) is 5.16. The molecule has 0 aromatic heterocycles.